The molecule has 1 aromatic carbocycles. The van der Waals surface area contributed by atoms with Gasteiger partial charge in [-0.1, -0.05) is 19.1 Å². The van der Waals surface area contributed by atoms with Gasteiger partial charge in [-0.05, 0) is 31.7 Å². The van der Waals surface area contributed by atoms with Crippen LogP contribution in [-0.4, -0.2) is 28.1 Å². The maximum absolute atomic E-state index is 5.80. The van der Waals surface area contributed by atoms with Crippen molar-refractivity contribution in [2.75, 3.05) is 13.4 Å². The summed E-state index contributed by atoms with van der Waals surface area (Å²) in [6, 6.07) is 7.59. The first-order valence-electron chi connectivity index (χ1n) is 7.41. The van der Waals surface area contributed by atoms with Gasteiger partial charge in [-0.3, -0.25) is 0 Å². The van der Waals surface area contributed by atoms with Crippen LogP contribution in [0.2, 0.25) is 0 Å². The molecule has 0 aliphatic rings. The van der Waals surface area contributed by atoms with E-state index in [4.69, 9.17) is 9.47 Å². The first-order valence-corrected chi connectivity index (χ1v) is 8.70. The van der Waals surface area contributed by atoms with E-state index in [1.165, 1.54) is 0 Å². The van der Waals surface area contributed by atoms with Crippen molar-refractivity contribution in [2.45, 2.75) is 38.7 Å². The highest BCUT2D eigenvalue weighted by atomic mass is 32.2. The zero-order valence-corrected chi connectivity index (χ0v) is 14.4. The summed E-state index contributed by atoms with van der Waals surface area (Å²) in [5, 5.41) is 4.88. The van der Waals surface area contributed by atoms with Gasteiger partial charge in [0, 0.05) is 6.54 Å². The highest BCUT2D eigenvalue weighted by Crippen LogP contribution is 2.27. The largest absolute Gasteiger partial charge is 0.493 e. The van der Waals surface area contributed by atoms with E-state index in [-0.39, 0.29) is 0 Å². The van der Waals surface area contributed by atoms with Crippen molar-refractivity contribution in [3.8, 4) is 11.5 Å². The molecule has 2 aromatic rings. The van der Waals surface area contributed by atoms with Gasteiger partial charge in [0.25, 0.3) is 0 Å². The Bertz CT molecular complexity index is 601. The lowest BCUT2D eigenvalue weighted by Crippen LogP contribution is -2.06. The highest BCUT2D eigenvalue weighted by Gasteiger charge is 2.16. The Labute approximate surface area is 136 Å². The zero-order chi connectivity index (χ0) is 15.9. The molecule has 6 heteroatoms. The van der Waals surface area contributed by atoms with E-state index < -0.39 is 0 Å². The van der Waals surface area contributed by atoms with Crippen molar-refractivity contribution < 1.29 is 9.47 Å². The van der Waals surface area contributed by atoms with Gasteiger partial charge in [0.15, 0.2) is 17.3 Å². The molecule has 0 unspecified atom stereocenters. The number of para-hydroxylation sites is 2. The molecule has 0 N–H and O–H groups in total. The second kappa shape index (κ2) is 8.08. The average molecular weight is 321 g/mol. The van der Waals surface area contributed by atoms with E-state index in [0.717, 1.165) is 18.8 Å². The van der Waals surface area contributed by atoms with Crippen LogP contribution < -0.4 is 9.47 Å². The molecule has 1 aromatic heterocycles. The molecule has 0 aliphatic heterocycles. The molecule has 1 atom stereocenters. The number of aromatic nitrogens is 3. The maximum Gasteiger partial charge on any atom is 0.188 e. The Kier molecular flexibility index (Phi) is 6.12. The number of hydrogen-bond donors (Lipinski definition) is 0. The monoisotopic (exact) mass is 321 g/mol. The summed E-state index contributed by atoms with van der Waals surface area (Å²) in [4.78, 5) is 4.64. The highest BCUT2D eigenvalue weighted by molar-refractivity contribution is 7.98. The minimum Gasteiger partial charge on any atom is -0.493 e. The summed E-state index contributed by atoms with van der Waals surface area (Å²) in [5.41, 5.74) is 0. The number of thioether (sulfide) groups is 1. The van der Waals surface area contributed by atoms with Crippen LogP contribution in [0.1, 0.15) is 37.2 Å². The lowest BCUT2D eigenvalue weighted by molar-refractivity contribution is 0.275. The van der Waals surface area contributed by atoms with Crippen LogP contribution in [0.4, 0.5) is 0 Å². The van der Waals surface area contributed by atoms with Crippen molar-refractivity contribution in [2.24, 2.45) is 0 Å². The molecule has 5 nitrogen and oxygen atoms in total. The Morgan fingerprint density at radius 3 is 2.64 bits per heavy atom. The molecule has 0 radical (unpaired) electrons. The van der Waals surface area contributed by atoms with E-state index in [0.29, 0.717) is 29.2 Å². The number of hydrogen-bond acceptors (Lipinski definition) is 5. The van der Waals surface area contributed by atoms with E-state index in [1.807, 2.05) is 28.9 Å². The number of rotatable bonds is 8. The molecule has 1 heterocycles. The van der Waals surface area contributed by atoms with Crippen LogP contribution in [0, 0.1) is 0 Å². The topological polar surface area (TPSA) is 49.2 Å². The minimum absolute atomic E-state index is 0.319. The predicted molar refractivity (Wildman–Crippen MR) is 89.6 cm³/mol. The zero-order valence-electron chi connectivity index (χ0n) is 13.6. The number of nitrogens with zero attached hydrogens (tertiary/aromatic N) is 3. The Morgan fingerprint density at radius 1 is 1.27 bits per heavy atom. The maximum atomic E-state index is 5.80. The van der Waals surface area contributed by atoms with Gasteiger partial charge in [0.1, 0.15) is 12.4 Å². The summed E-state index contributed by atoms with van der Waals surface area (Å²) in [5.74, 6) is 3.13. The van der Waals surface area contributed by atoms with Gasteiger partial charge < -0.3 is 9.47 Å². The van der Waals surface area contributed by atoms with Gasteiger partial charge in [-0.25, -0.2) is 9.67 Å². The lowest BCUT2D eigenvalue weighted by Gasteiger charge is -2.08. The first-order chi connectivity index (χ1) is 10.7. The summed E-state index contributed by atoms with van der Waals surface area (Å²) in [7, 11) is 1.63. The number of ether oxygens (including phenoxy) is 2. The van der Waals surface area contributed by atoms with E-state index in [1.54, 1.807) is 18.9 Å². The molecule has 0 spiro atoms. The third kappa shape index (κ3) is 3.94. The predicted octanol–water partition coefficient (Wildman–Crippen LogP) is 3.70. The second-order valence-electron chi connectivity index (χ2n) is 4.93. The van der Waals surface area contributed by atoms with Gasteiger partial charge in [-0.15, -0.1) is 0 Å². The molecular formula is C16H23N3O2S. The van der Waals surface area contributed by atoms with Crippen LogP contribution in [0.25, 0.3) is 0 Å². The molecule has 0 amide bonds. The average Bonchev–Trinajstić information content (AvgIpc) is 2.95. The first kappa shape index (κ1) is 16.7. The van der Waals surface area contributed by atoms with E-state index >= 15 is 0 Å². The van der Waals surface area contributed by atoms with Crippen molar-refractivity contribution in [3.63, 3.8) is 0 Å². The van der Waals surface area contributed by atoms with Crippen LogP contribution in [0.15, 0.2) is 24.3 Å². The Morgan fingerprint density at radius 2 is 2.00 bits per heavy atom. The fraction of sp³-hybridized carbons (Fsp3) is 0.500. The minimum atomic E-state index is 0.319. The summed E-state index contributed by atoms with van der Waals surface area (Å²) in [6.45, 7) is 5.50. The SMILES string of the molecule is CCCn1nc(COc2ccccc2OC)nc1[C@@H](C)SC. The molecule has 2 rings (SSSR count). The van der Waals surface area contributed by atoms with Gasteiger partial charge in [0.2, 0.25) is 0 Å². The van der Waals surface area contributed by atoms with Crippen molar-refractivity contribution in [1.82, 2.24) is 14.8 Å². The summed E-state index contributed by atoms with van der Waals surface area (Å²) < 4.78 is 13.1. The van der Waals surface area contributed by atoms with E-state index in [9.17, 15) is 0 Å². The van der Waals surface area contributed by atoms with Crippen LogP contribution in [-0.2, 0) is 13.2 Å². The fourth-order valence-corrected chi connectivity index (χ4v) is 2.51. The number of aryl methyl sites for hydroxylation is 1. The van der Waals surface area contributed by atoms with Crippen molar-refractivity contribution >= 4 is 11.8 Å². The molecule has 120 valence electrons. The third-order valence-electron chi connectivity index (χ3n) is 3.32. The lowest BCUT2D eigenvalue weighted by atomic mass is 10.3. The van der Waals surface area contributed by atoms with Gasteiger partial charge in [0.05, 0.1) is 12.4 Å². The number of benzene rings is 1. The molecule has 0 saturated carbocycles. The molecule has 0 fully saturated rings. The molecule has 0 bridgehead atoms. The summed E-state index contributed by atoms with van der Waals surface area (Å²) in [6.07, 6.45) is 3.12. The molecule has 0 aliphatic carbocycles. The second-order valence-corrected chi connectivity index (χ2v) is 6.11. The smallest absolute Gasteiger partial charge is 0.188 e. The normalized spacial score (nSPS) is 12.2. The van der Waals surface area contributed by atoms with Gasteiger partial charge in [-0.2, -0.15) is 16.9 Å². The number of methoxy groups -OCH3 is 1. The van der Waals surface area contributed by atoms with Gasteiger partial charge >= 0.3 is 0 Å². The van der Waals surface area contributed by atoms with Crippen LogP contribution in [0.5, 0.6) is 11.5 Å². The molecule has 0 saturated heterocycles. The molecular weight excluding hydrogens is 298 g/mol. The Balaban J connectivity index is 2.12. The molecule has 22 heavy (non-hydrogen) atoms. The summed E-state index contributed by atoms with van der Waals surface area (Å²) >= 11 is 1.77. The quantitative estimate of drug-likeness (QED) is 0.742. The standard InChI is InChI=1S/C16H23N3O2S/c1-5-10-19-16(12(2)22-4)17-15(18-19)11-21-14-9-7-6-8-13(14)20-3/h6-9,12H,5,10-11H2,1-4H3/t12-/m1/s1. The van der Waals surface area contributed by atoms with E-state index in [2.05, 4.69) is 30.2 Å². The third-order valence-corrected chi connectivity index (χ3v) is 4.24. The van der Waals surface area contributed by atoms with Crippen LogP contribution in [0.3, 0.4) is 0 Å². The van der Waals surface area contributed by atoms with Crippen molar-refractivity contribution in [3.05, 3.63) is 35.9 Å². The fourth-order valence-electron chi connectivity index (χ4n) is 2.13. The van der Waals surface area contributed by atoms with Crippen LogP contribution >= 0.6 is 11.8 Å². The Hall–Kier alpha value is -1.69. The van der Waals surface area contributed by atoms with Crippen molar-refractivity contribution in [1.29, 1.82) is 0 Å².